The fraction of sp³-hybridized carbons (Fsp3) is 0.308. The largest absolute Gasteiger partial charge is 0.471 e. The Labute approximate surface area is 236 Å². The smallest absolute Gasteiger partial charge is 0.329 e. The highest BCUT2D eigenvalue weighted by Crippen LogP contribution is 2.37. The van der Waals surface area contributed by atoms with Gasteiger partial charge >= 0.3 is 12.1 Å². The normalized spacial score (nSPS) is 17.2. The minimum absolute atomic E-state index is 0.0799. The molecule has 0 radical (unpaired) electrons. The van der Waals surface area contributed by atoms with Crippen LogP contribution < -0.4 is 10.6 Å². The van der Waals surface area contributed by atoms with Gasteiger partial charge in [0.05, 0.1) is 40.8 Å². The molecule has 0 bridgehead atoms. The Hall–Kier alpha value is -4.31. The number of nitrogens with zero attached hydrogens (tertiary/aromatic N) is 6. The third-order valence-electron chi connectivity index (χ3n) is 6.38. The van der Waals surface area contributed by atoms with E-state index in [4.69, 9.17) is 5.73 Å². The maximum absolute atomic E-state index is 15.4. The molecule has 2 aromatic heterocycles. The number of alkyl halides is 3. The van der Waals surface area contributed by atoms with E-state index >= 15 is 4.39 Å². The van der Waals surface area contributed by atoms with E-state index in [1.54, 1.807) is 0 Å². The van der Waals surface area contributed by atoms with Gasteiger partial charge in [0, 0.05) is 16.5 Å². The standard InChI is InChI=1S/C26H23F4N7O4S/c1-25(2,3)23-33-18(10-32-35-23)15-8-19-20(9-16(15)27)42(39,40)12-17(31)22(38)37(19)11-13-4-6-14(7-5-13)21-34-24(41-36-21)26(28,29)30/h4-10,17H,11-12,31H2,1-3H3/t17-/m0/s1. The highest BCUT2D eigenvalue weighted by atomic mass is 32.2. The van der Waals surface area contributed by atoms with Gasteiger partial charge in [-0.2, -0.15) is 23.3 Å². The second-order valence-corrected chi connectivity index (χ2v) is 12.6. The van der Waals surface area contributed by atoms with Crippen LogP contribution in [0.1, 0.15) is 38.0 Å². The van der Waals surface area contributed by atoms with Crippen LogP contribution in [0.25, 0.3) is 22.6 Å². The van der Waals surface area contributed by atoms with Crippen LogP contribution in [-0.2, 0) is 32.8 Å². The summed E-state index contributed by atoms with van der Waals surface area (Å²) in [7, 11) is -4.19. The van der Waals surface area contributed by atoms with Gasteiger partial charge < -0.3 is 15.2 Å². The molecule has 2 aromatic carbocycles. The zero-order chi connectivity index (χ0) is 30.6. The van der Waals surface area contributed by atoms with Gasteiger partial charge in [-0.3, -0.25) is 4.79 Å². The SMILES string of the molecule is CC(C)(C)c1nncc(-c2cc3c(cc2F)S(=O)(=O)C[C@H](N)C(=O)N3Cc2ccc(-c3noc(C(F)(F)F)n3)cc2)n1. The van der Waals surface area contributed by atoms with E-state index in [9.17, 15) is 26.4 Å². The number of rotatable bonds is 4. The zero-order valence-electron chi connectivity index (χ0n) is 22.3. The molecule has 4 aromatic rings. The Kier molecular flexibility index (Phi) is 7.09. The van der Waals surface area contributed by atoms with Crippen LogP contribution in [0.4, 0.5) is 23.2 Å². The Morgan fingerprint density at radius 1 is 1.10 bits per heavy atom. The summed E-state index contributed by atoms with van der Waals surface area (Å²) in [6.07, 6.45) is -3.58. The third kappa shape index (κ3) is 5.59. The lowest BCUT2D eigenvalue weighted by Gasteiger charge is -2.25. The Morgan fingerprint density at radius 3 is 2.40 bits per heavy atom. The van der Waals surface area contributed by atoms with Gasteiger partial charge in [-0.05, 0) is 17.7 Å². The number of hydrogen-bond acceptors (Lipinski definition) is 10. The highest BCUT2D eigenvalue weighted by Gasteiger charge is 2.39. The number of sulfone groups is 1. The fourth-order valence-corrected chi connectivity index (χ4v) is 5.79. The highest BCUT2D eigenvalue weighted by molar-refractivity contribution is 7.91. The molecule has 0 aliphatic carbocycles. The fourth-order valence-electron chi connectivity index (χ4n) is 4.23. The molecule has 1 aliphatic rings. The number of carbonyl (C=O) groups excluding carboxylic acids is 1. The minimum Gasteiger partial charge on any atom is -0.329 e. The van der Waals surface area contributed by atoms with E-state index in [2.05, 4.69) is 29.8 Å². The molecule has 1 amide bonds. The van der Waals surface area contributed by atoms with Gasteiger partial charge in [0.2, 0.25) is 11.7 Å². The predicted octanol–water partition coefficient (Wildman–Crippen LogP) is 3.69. The number of nitrogens with two attached hydrogens (primary N) is 1. The number of aromatic nitrogens is 5. The topological polar surface area (TPSA) is 158 Å². The zero-order valence-corrected chi connectivity index (χ0v) is 23.2. The van der Waals surface area contributed by atoms with Crippen molar-refractivity contribution in [1.82, 2.24) is 25.3 Å². The number of halogens is 4. The lowest BCUT2D eigenvalue weighted by molar-refractivity contribution is -0.159. The summed E-state index contributed by atoms with van der Waals surface area (Å²) in [6, 6.07) is 6.40. The Morgan fingerprint density at radius 2 is 1.79 bits per heavy atom. The number of hydrogen-bond donors (Lipinski definition) is 1. The van der Waals surface area contributed by atoms with E-state index in [1.807, 2.05) is 20.8 Å². The van der Waals surface area contributed by atoms with Crippen LogP contribution in [0, 0.1) is 5.82 Å². The van der Waals surface area contributed by atoms with Crippen molar-refractivity contribution in [2.75, 3.05) is 10.7 Å². The van der Waals surface area contributed by atoms with Gasteiger partial charge in [-0.15, -0.1) is 5.10 Å². The van der Waals surface area contributed by atoms with E-state index in [0.29, 0.717) is 11.4 Å². The summed E-state index contributed by atoms with van der Waals surface area (Å²) in [5, 5.41) is 11.2. The first-order valence-corrected chi connectivity index (χ1v) is 14.0. The van der Waals surface area contributed by atoms with Gasteiger partial charge in [0.15, 0.2) is 15.7 Å². The first kappa shape index (κ1) is 29.2. The van der Waals surface area contributed by atoms with Crippen LogP contribution in [0.15, 0.2) is 52.0 Å². The summed E-state index contributed by atoms with van der Waals surface area (Å²) in [5.41, 5.74) is 5.95. The number of anilines is 1. The van der Waals surface area contributed by atoms with Crippen molar-refractivity contribution in [2.24, 2.45) is 5.73 Å². The van der Waals surface area contributed by atoms with Gasteiger partial charge in [0.25, 0.3) is 0 Å². The molecule has 2 N–H and O–H groups in total. The van der Waals surface area contributed by atoms with Gasteiger partial charge in [-0.25, -0.2) is 17.8 Å². The summed E-state index contributed by atoms with van der Waals surface area (Å²) in [5.74, 6) is -3.85. The molecule has 0 saturated carbocycles. The van der Waals surface area contributed by atoms with Crippen LogP contribution >= 0.6 is 0 Å². The molecular formula is C26H23F4N7O4S. The number of fused-ring (bicyclic) bond motifs is 1. The van der Waals surface area contributed by atoms with E-state index in [1.165, 1.54) is 36.5 Å². The van der Waals surface area contributed by atoms with Crippen molar-refractivity contribution in [1.29, 1.82) is 0 Å². The van der Waals surface area contributed by atoms with E-state index in [0.717, 1.165) is 11.0 Å². The molecule has 11 nitrogen and oxygen atoms in total. The molecular weight excluding hydrogens is 582 g/mol. The first-order valence-electron chi connectivity index (χ1n) is 12.4. The number of benzene rings is 2. The maximum atomic E-state index is 15.4. The summed E-state index contributed by atoms with van der Waals surface area (Å²) in [6.45, 7) is 5.33. The lowest BCUT2D eigenvalue weighted by Crippen LogP contribution is -2.45. The predicted molar refractivity (Wildman–Crippen MR) is 140 cm³/mol. The van der Waals surface area contributed by atoms with Crippen molar-refractivity contribution in [3.63, 3.8) is 0 Å². The number of carbonyl (C=O) groups is 1. The molecule has 0 fully saturated rings. The van der Waals surface area contributed by atoms with Crippen molar-refractivity contribution in [2.45, 2.75) is 49.8 Å². The summed E-state index contributed by atoms with van der Waals surface area (Å²) < 4.78 is 84.5. The molecule has 5 rings (SSSR count). The van der Waals surface area contributed by atoms with Crippen LogP contribution in [0.5, 0.6) is 0 Å². The van der Waals surface area contributed by atoms with E-state index < -0.39 is 55.7 Å². The summed E-state index contributed by atoms with van der Waals surface area (Å²) >= 11 is 0. The molecule has 220 valence electrons. The molecule has 0 spiro atoms. The monoisotopic (exact) mass is 605 g/mol. The molecule has 1 aliphatic heterocycles. The van der Waals surface area contributed by atoms with Crippen LogP contribution in [0.2, 0.25) is 0 Å². The average molecular weight is 606 g/mol. The Bertz CT molecular complexity index is 1790. The van der Waals surface area contributed by atoms with Crippen molar-refractivity contribution >= 4 is 21.4 Å². The van der Waals surface area contributed by atoms with Crippen molar-refractivity contribution in [3.8, 4) is 22.6 Å². The quantitative estimate of drug-likeness (QED) is 0.340. The minimum atomic E-state index is -4.81. The second-order valence-electron chi connectivity index (χ2n) is 10.6. The molecule has 3 heterocycles. The van der Waals surface area contributed by atoms with Crippen LogP contribution in [0.3, 0.4) is 0 Å². The molecule has 1 atom stereocenters. The van der Waals surface area contributed by atoms with Crippen molar-refractivity contribution < 1.29 is 35.3 Å². The maximum Gasteiger partial charge on any atom is 0.471 e. The second kappa shape index (κ2) is 10.2. The third-order valence-corrected chi connectivity index (χ3v) is 8.18. The number of amides is 1. The van der Waals surface area contributed by atoms with Gasteiger partial charge in [-0.1, -0.05) is 50.2 Å². The lowest BCUT2D eigenvalue weighted by atomic mass is 9.96. The molecule has 0 unspecified atom stereocenters. The molecule has 42 heavy (non-hydrogen) atoms. The molecule has 0 saturated heterocycles. The summed E-state index contributed by atoms with van der Waals surface area (Å²) in [4.78, 5) is 21.8. The first-order chi connectivity index (χ1) is 19.5. The molecule has 16 heteroatoms. The van der Waals surface area contributed by atoms with Crippen LogP contribution in [-0.4, -0.2) is 51.4 Å². The van der Waals surface area contributed by atoms with E-state index in [-0.39, 0.29) is 34.9 Å². The van der Waals surface area contributed by atoms with Crippen molar-refractivity contribution in [3.05, 3.63) is 65.7 Å². The average Bonchev–Trinajstić information content (AvgIpc) is 3.40. The van der Waals surface area contributed by atoms with Gasteiger partial charge in [0.1, 0.15) is 5.82 Å². The Balaban J connectivity index is 1.56.